The Balaban J connectivity index is 1.26. The smallest absolute Gasteiger partial charge is 0.151 e. The van der Waals surface area contributed by atoms with E-state index in [9.17, 15) is 0 Å². The molecule has 0 saturated heterocycles. The second-order valence-electron chi connectivity index (χ2n) is 10.7. The zero-order chi connectivity index (χ0) is 28.6. The molecule has 0 aliphatic carbocycles. The van der Waals surface area contributed by atoms with Crippen LogP contribution in [-0.4, -0.2) is 0 Å². The van der Waals surface area contributed by atoms with E-state index in [0.29, 0.717) is 0 Å². The Morgan fingerprint density at radius 3 is 1.84 bits per heavy atom. The summed E-state index contributed by atoms with van der Waals surface area (Å²) in [5, 5.41) is 5.94. The lowest BCUT2D eigenvalue weighted by Crippen LogP contribution is -2.09. The molecule has 7 aromatic carbocycles. The first-order chi connectivity index (χ1) is 21.3. The van der Waals surface area contributed by atoms with Crippen LogP contribution in [0.2, 0.25) is 0 Å². The zero-order valence-electron chi connectivity index (χ0n) is 23.4. The molecular weight excluding hydrogens is 524 g/mol. The molecular formula is C40H28N2O. The van der Waals surface area contributed by atoms with Crippen molar-refractivity contribution in [2.75, 3.05) is 10.2 Å². The van der Waals surface area contributed by atoms with E-state index >= 15 is 0 Å². The number of hydrogen-bond donors (Lipinski definition) is 1. The lowest BCUT2D eigenvalue weighted by Gasteiger charge is -2.26. The number of rotatable bonds is 4. The van der Waals surface area contributed by atoms with E-state index in [1.54, 1.807) is 0 Å². The number of nitrogens with one attached hydrogen (secondary N) is 1. The first-order valence-corrected chi connectivity index (χ1v) is 14.5. The minimum Gasteiger partial charge on any atom is -0.454 e. The highest BCUT2D eigenvalue weighted by Crippen LogP contribution is 2.46. The average molecular weight is 553 g/mol. The van der Waals surface area contributed by atoms with Crippen LogP contribution in [0, 0.1) is 0 Å². The average Bonchev–Trinajstić information content (AvgIpc) is 3.12. The van der Waals surface area contributed by atoms with Gasteiger partial charge in [0.05, 0.1) is 5.69 Å². The maximum atomic E-state index is 6.77. The van der Waals surface area contributed by atoms with Gasteiger partial charge in [0, 0.05) is 33.7 Å². The number of hydrogen-bond acceptors (Lipinski definition) is 3. The maximum Gasteiger partial charge on any atom is 0.151 e. The van der Waals surface area contributed by atoms with Crippen molar-refractivity contribution in [2.24, 2.45) is 0 Å². The topological polar surface area (TPSA) is 24.5 Å². The predicted molar refractivity (Wildman–Crippen MR) is 179 cm³/mol. The Bertz CT molecular complexity index is 2040. The first-order valence-electron chi connectivity index (χ1n) is 14.5. The summed E-state index contributed by atoms with van der Waals surface area (Å²) in [6.45, 7) is 0. The molecule has 204 valence electrons. The third-order valence-corrected chi connectivity index (χ3v) is 8.02. The molecule has 43 heavy (non-hydrogen) atoms. The van der Waals surface area contributed by atoms with Crippen molar-refractivity contribution >= 4 is 39.2 Å². The van der Waals surface area contributed by atoms with Gasteiger partial charge in [-0.25, -0.2) is 0 Å². The van der Waals surface area contributed by atoms with Crippen LogP contribution < -0.4 is 15.0 Å². The van der Waals surface area contributed by atoms with Crippen LogP contribution in [0.15, 0.2) is 164 Å². The molecule has 1 aliphatic heterocycles. The van der Waals surface area contributed by atoms with Gasteiger partial charge < -0.3 is 15.0 Å². The lowest BCUT2D eigenvalue weighted by molar-refractivity contribution is 0.491. The highest BCUT2D eigenvalue weighted by Gasteiger charge is 2.19. The van der Waals surface area contributed by atoms with E-state index in [1.165, 1.54) is 0 Å². The Morgan fingerprint density at radius 1 is 0.419 bits per heavy atom. The molecule has 1 aliphatic rings. The van der Waals surface area contributed by atoms with Crippen molar-refractivity contribution < 1.29 is 4.74 Å². The molecule has 0 aromatic heterocycles. The van der Waals surface area contributed by atoms with Crippen LogP contribution in [0.4, 0.5) is 28.4 Å². The van der Waals surface area contributed by atoms with E-state index in [4.69, 9.17) is 4.74 Å². The summed E-state index contributed by atoms with van der Waals surface area (Å²) in [6.07, 6.45) is 0. The standard InChI is InChI=1S/C40H28N2O/c1-3-15-31(16-4-1)42(32-17-5-2-6-18-32)33-19-9-14-29(26-33)30-24-25-37-39(27-30)43-38-23-11-13-28-12-10-21-35(40(28)38)34-20-7-8-22-36(34)41-37/h1-27,41H. The summed E-state index contributed by atoms with van der Waals surface area (Å²) in [4.78, 5) is 2.29. The van der Waals surface area contributed by atoms with E-state index in [2.05, 4.69) is 174 Å². The number of para-hydroxylation sites is 3. The monoisotopic (exact) mass is 552 g/mol. The van der Waals surface area contributed by atoms with Gasteiger partial charge in [0.1, 0.15) is 5.75 Å². The third kappa shape index (κ3) is 4.58. The quantitative estimate of drug-likeness (QED) is 0.235. The Hall–Kier alpha value is -5.80. The Labute approximate surface area is 251 Å². The summed E-state index contributed by atoms with van der Waals surface area (Å²) >= 11 is 0. The van der Waals surface area contributed by atoms with Gasteiger partial charge in [-0.15, -0.1) is 0 Å². The fourth-order valence-electron chi connectivity index (χ4n) is 6.02. The van der Waals surface area contributed by atoms with Gasteiger partial charge in [0.15, 0.2) is 5.75 Å². The van der Waals surface area contributed by atoms with E-state index in [1.807, 2.05) is 0 Å². The van der Waals surface area contributed by atoms with Gasteiger partial charge in [-0.3, -0.25) is 0 Å². The molecule has 0 spiro atoms. The van der Waals surface area contributed by atoms with Gasteiger partial charge in [-0.2, -0.15) is 0 Å². The van der Waals surface area contributed by atoms with Crippen molar-refractivity contribution in [3.8, 4) is 33.8 Å². The number of anilines is 5. The molecule has 0 fully saturated rings. The highest BCUT2D eigenvalue weighted by molar-refractivity contribution is 6.04. The van der Waals surface area contributed by atoms with Gasteiger partial charge in [0.25, 0.3) is 0 Å². The SMILES string of the molecule is c1ccc(N(c2ccccc2)c2cccc(-c3ccc4c(c3)Oc3cccc5cccc(c35)-c3ccccc3N4)c2)cc1. The van der Waals surface area contributed by atoms with Crippen LogP contribution in [0.3, 0.4) is 0 Å². The van der Waals surface area contributed by atoms with E-state index < -0.39 is 0 Å². The molecule has 8 rings (SSSR count). The largest absolute Gasteiger partial charge is 0.454 e. The van der Waals surface area contributed by atoms with Gasteiger partial charge in [0.2, 0.25) is 0 Å². The number of fused-ring (bicyclic) bond motifs is 3. The lowest BCUT2D eigenvalue weighted by atomic mass is 9.96. The van der Waals surface area contributed by atoms with Gasteiger partial charge in [-0.1, -0.05) is 103 Å². The summed E-state index contributed by atoms with van der Waals surface area (Å²) in [5.41, 5.74) is 9.77. The number of nitrogens with zero attached hydrogens (tertiary/aromatic N) is 1. The van der Waals surface area contributed by atoms with Crippen molar-refractivity contribution in [1.29, 1.82) is 0 Å². The van der Waals surface area contributed by atoms with Crippen molar-refractivity contribution in [3.63, 3.8) is 0 Å². The van der Waals surface area contributed by atoms with Crippen molar-refractivity contribution in [3.05, 3.63) is 164 Å². The Kier molecular flexibility index (Phi) is 6.12. The molecule has 3 nitrogen and oxygen atoms in total. The number of ether oxygens (including phenoxy) is 1. The first kappa shape index (κ1) is 25.0. The predicted octanol–water partition coefficient (Wildman–Crippen LogP) is 11.5. The van der Waals surface area contributed by atoms with E-state index in [-0.39, 0.29) is 0 Å². The summed E-state index contributed by atoms with van der Waals surface area (Å²) in [5.74, 6) is 1.63. The van der Waals surface area contributed by atoms with Crippen molar-refractivity contribution in [2.45, 2.75) is 0 Å². The highest BCUT2D eigenvalue weighted by atomic mass is 16.5. The van der Waals surface area contributed by atoms with Gasteiger partial charge in [-0.05, 0) is 82.7 Å². The molecule has 0 bridgehead atoms. The summed E-state index contributed by atoms with van der Waals surface area (Å²) in [7, 11) is 0. The van der Waals surface area contributed by atoms with Crippen LogP contribution in [0.5, 0.6) is 11.5 Å². The summed E-state index contributed by atoms with van der Waals surface area (Å²) in [6, 6.07) is 57.3. The molecule has 0 unspecified atom stereocenters. The van der Waals surface area contributed by atoms with Crippen LogP contribution in [0.1, 0.15) is 0 Å². The van der Waals surface area contributed by atoms with Crippen LogP contribution >= 0.6 is 0 Å². The molecule has 3 heteroatoms. The van der Waals surface area contributed by atoms with Gasteiger partial charge >= 0.3 is 0 Å². The molecule has 7 aromatic rings. The third-order valence-electron chi connectivity index (χ3n) is 8.02. The molecule has 0 atom stereocenters. The van der Waals surface area contributed by atoms with Crippen LogP contribution in [0.25, 0.3) is 33.0 Å². The minimum atomic E-state index is 0.782. The van der Waals surface area contributed by atoms with Crippen molar-refractivity contribution in [1.82, 2.24) is 0 Å². The second-order valence-corrected chi connectivity index (χ2v) is 10.7. The Morgan fingerprint density at radius 2 is 1.05 bits per heavy atom. The molecule has 1 heterocycles. The normalized spacial score (nSPS) is 11.6. The molecule has 0 amide bonds. The molecule has 0 radical (unpaired) electrons. The maximum absolute atomic E-state index is 6.77. The summed E-state index contributed by atoms with van der Waals surface area (Å²) < 4.78 is 6.77. The zero-order valence-corrected chi connectivity index (χ0v) is 23.4. The van der Waals surface area contributed by atoms with Crippen LogP contribution in [-0.2, 0) is 0 Å². The fourth-order valence-corrected chi connectivity index (χ4v) is 6.02. The second kappa shape index (κ2) is 10.6. The molecule has 0 saturated carbocycles. The molecule has 1 N–H and O–H groups in total. The van der Waals surface area contributed by atoms with E-state index in [0.717, 1.165) is 73.0 Å². The number of benzene rings is 7. The fraction of sp³-hybridized carbons (Fsp3) is 0. The minimum absolute atomic E-state index is 0.782.